The lowest BCUT2D eigenvalue weighted by Gasteiger charge is -2.40. The standard InChI is InChI=1S/C13H25NO2S/c1-12-9-14(5-2-6-16-12)10-13(11-17)3-7-15-8-4-13/h12,17H,2-11H2,1H3. The second kappa shape index (κ2) is 6.41. The normalized spacial score (nSPS) is 31.1. The number of nitrogens with zero attached hydrogens (tertiary/aromatic N) is 1. The molecule has 3 nitrogen and oxygen atoms in total. The molecule has 0 saturated carbocycles. The minimum Gasteiger partial charge on any atom is -0.381 e. The summed E-state index contributed by atoms with van der Waals surface area (Å²) in [4.78, 5) is 2.57. The smallest absolute Gasteiger partial charge is 0.0673 e. The van der Waals surface area contributed by atoms with Crippen LogP contribution in [-0.2, 0) is 9.47 Å². The fourth-order valence-corrected chi connectivity index (χ4v) is 3.29. The third kappa shape index (κ3) is 3.85. The number of hydrogen-bond acceptors (Lipinski definition) is 4. The van der Waals surface area contributed by atoms with E-state index in [1.807, 2.05) is 0 Å². The fourth-order valence-electron chi connectivity index (χ4n) is 2.87. The molecule has 0 bridgehead atoms. The molecule has 1 atom stereocenters. The Hall–Kier alpha value is 0.230. The van der Waals surface area contributed by atoms with Gasteiger partial charge in [-0.1, -0.05) is 0 Å². The summed E-state index contributed by atoms with van der Waals surface area (Å²) in [7, 11) is 0. The van der Waals surface area contributed by atoms with Crippen LogP contribution in [0.3, 0.4) is 0 Å². The van der Waals surface area contributed by atoms with E-state index in [2.05, 4.69) is 24.5 Å². The maximum absolute atomic E-state index is 5.70. The van der Waals surface area contributed by atoms with Gasteiger partial charge in [-0.2, -0.15) is 12.6 Å². The first-order chi connectivity index (χ1) is 8.24. The maximum Gasteiger partial charge on any atom is 0.0673 e. The van der Waals surface area contributed by atoms with Crippen molar-refractivity contribution < 1.29 is 9.47 Å². The molecule has 0 spiro atoms. The Morgan fingerprint density at radius 2 is 2.06 bits per heavy atom. The molecule has 2 heterocycles. The van der Waals surface area contributed by atoms with E-state index in [1.165, 1.54) is 6.54 Å². The Kier molecular flexibility index (Phi) is 5.15. The van der Waals surface area contributed by atoms with Crippen molar-refractivity contribution in [2.45, 2.75) is 32.3 Å². The second-order valence-electron chi connectivity index (χ2n) is 5.54. The molecule has 2 saturated heterocycles. The van der Waals surface area contributed by atoms with Gasteiger partial charge in [0, 0.05) is 39.5 Å². The third-order valence-corrected chi connectivity index (χ3v) is 4.66. The number of hydrogen-bond donors (Lipinski definition) is 1. The highest BCUT2D eigenvalue weighted by Crippen LogP contribution is 2.33. The Balaban J connectivity index is 1.92. The minimum atomic E-state index is 0.366. The molecular formula is C13H25NO2S. The molecule has 0 aromatic rings. The lowest BCUT2D eigenvalue weighted by molar-refractivity contribution is 0.00269. The Bertz CT molecular complexity index is 231. The molecule has 0 aromatic heterocycles. The largest absolute Gasteiger partial charge is 0.381 e. The highest BCUT2D eigenvalue weighted by Gasteiger charge is 2.33. The van der Waals surface area contributed by atoms with E-state index in [0.29, 0.717) is 11.5 Å². The van der Waals surface area contributed by atoms with Crippen LogP contribution in [-0.4, -0.2) is 56.2 Å². The van der Waals surface area contributed by atoms with Gasteiger partial charge in [-0.05, 0) is 37.4 Å². The average molecular weight is 259 g/mol. The zero-order valence-corrected chi connectivity index (χ0v) is 11.8. The van der Waals surface area contributed by atoms with Crippen molar-refractivity contribution in [1.82, 2.24) is 4.90 Å². The van der Waals surface area contributed by atoms with Gasteiger partial charge in [0.05, 0.1) is 6.10 Å². The second-order valence-corrected chi connectivity index (χ2v) is 5.86. The molecule has 0 aromatic carbocycles. The summed E-state index contributed by atoms with van der Waals surface area (Å²) in [5.74, 6) is 0.974. The van der Waals surface area contributed by atoms with Crippen LogP contribution in [0.1, 0.15) is 26.2 Å². The van der Waals surface area contributed by atoms with E-state index >= 15 is 0 Å². The van der Waals surface area contributed by atoms with E-state index < -0.39 is 0 Å². The van der Waals surface area contributed by atoms with Crippen molar-refractivity contribution in [2.75, 3.05) is 45.2 Å². The Morgan fingerprint density at radius 1 is 1.29 bits per heavy atom. The lowest BCUT2D eigenvalue weighted by atomic mass is 9.81. The first kappa shape index (κ1) is 13.7. The van der Waals surface area contributed by atoms with Crippen molar-refractivity contribution in [3.8, 4) is 0 Å². The van der Waals surface area contributed by atoms with Crippen LogP contribution in [0.25, 0.3) is 0 Å². The van der Waals surface area contributed by atoms with Gasteiger partial charge >= 0.3 is 0 Å². The summed E-state index contributed by atoms with van der Waals surface area (Å²) >= 11 is 4.58. The molecule has 1 unspecified atom stereocenters. The molecule has 100 valence electrons. The predicted octanol–water partition coefficient (Wildman–Crippen LogP) is 1.82. The van der Waals surface area contributed by atoms with Crippen molar-refractivity contribution in [1.29, 1.82) is 0 Å². The summed E-state index contributed by atoms with van der Waals surface area (Å²) in [6, 6.07) is 0. The van der Waals surface area contributed by atoms with E-state index in [9.17, 15) is 0 Å². The first-order valence-electron chi connectivity index (χ1n) is 6.77. The number of rotatable bonds is 3. The molecule has 0 amide bonds. The van der Waals surface area contributed by atoms with Gasteiger partial charge in [0.15, 0.2) is 0 Å². The van der Waals surface area contributed by atoms with Crippen LogP contribution in [0, 0.1) is 5.41 Å². The van der Waals surface area contributed by atoms with Crippen LogP contribution in [0.5, 0.6) is 0 Å². The Morgan fingerprint density at radius 3 is 2.76 bits per heavy atom. The monoisotopic (exact) mass is 259 g/mol. The van der Waals surface area contributed by atoms with Crippen LogP contribution in [0.15, 0.2) is 0 Å². The lowest BCUT2D eigenvalue weighted by Crippen LogP contribution is -2.44. The van der Waals surface area contributed by atoms with Crippen LogP contribution < -0.4 is 0 Å². The Labute approximate surface area is 110 Å². The van der Waals surface area contributed by atoms with Crippen molar-refractivity contribution in [3.63, 3.8) is 0 Å². The number of thiol groups is 1. The van der Waals surface area contributed by atoms with Gasteiger partial charge < -0.3 is 14.4 Å². The van der Waals surface area contributed by atoms with E-state index in [-0.39, 0.29) is 0 Å². The average Bonchev–Trinajstić information content (AvgIpc) is 2.55. The number of ether oxygens (including phenoxy) is 2. The van der Waals surface area contributed by atoms with Gasteiger partial charge in [-0.25, -0.2) is 0 Å². The zero-order valence-electron chi connectivity index (χ0n) is 10.9. The minimum absolute atomic E-state index is 0.366. The highest BCUT2D eigenvalue weighted by atomic mass is 32.1. The summed E-state index contributed by atoms with van der Waals surface area (Å²) < 4.78 is 11.2. The van der Waals surface area contributed by atoms with Crippen molar-refractivity contribution >= 4 is 12.6 Å². The van der Waals surface area contributed by atoms with Crippen molar-refractivity contribution in [3.05, 3.63) is 0 Å². The molecule has 0 radical (unpaired) electrons. The predicted molar refractivity (Wildman–Crippen MR) is 72.8 cm³/mol. The summed E-state index contributed by atoms with van der Waals surface area (Å²) in [6.07, 6.45) is 3.84. The maximum atomic E-state index is 5.70. The molecule has 0 aliphatic carbocycles. The summed E-state index contributed by atoms with van der Waals surface area (Å²) in [5.41, 5.74) is 0.366. The summed E-state index contributed by atoms with van der Waals surface area (Å²) in [5, 5.41) is 0. The molecule has 2 fully saturated rings. The third-order valence-electron chi connectivity index (χ3n) is 3.98. The molecular weight excluding hydrogens is 234 g/mol. The molecule has 0 N–H and O–H groups in total. The molecule has 2 aliphatic heterocycles. The molecule has 2 rings (SSSR count). The highest BCUT2D eigenvalue weighted by molar-refractivity contribution is 7.80. The molecule has 2 aliphatic rings. The SMILES string of the molecule is CC1CN(CC2(CS)CCOCC2)CCCO1. The topological polar surface area (TPSA) is 21.7 Å². The molecule has 4 heteroatoms. The zero-order chi connectivity index (χ0) is 12.1. The van der Waals surface area contributed by atoms with Crippen LogP contribution >= 0.6 is 12.6 Å². The fraction of sp³-hybridized carbons (Fsp3) is 1.00. The van der Waals surface area contributed by atoms with Gasteiger partial charge in [0.25, 0.3) is 0 Å². The van der Waals surface area contributed by atoms with Gasteiger partial charge in [-0.15, -0.1) is 0 Å². The quantitative estimate of drug-likeness (QED) is 0.782. The summed E-state index contributed by atoms with van der Waals surface area (Å²) in [6.45, 7) is 8.29. The van der Waals surface area contributed by atoms with E-state index in [4.69, 9.17) is 9.47 Å². The first-order valence-corrected chi connectivity index (χ1v) is 7.40. The van der Waals surface area contributed by atoms with Gasteiger partial charge in [-0.3, -0.25) is 0 Å². The van der Waals surface area contributed by atoms with Gasteiger partial charge in [0.1, 0.15) is 0 Å². The van der Waals surface area contributed by atoms with Crippen molar-refractivity contribution in [2.24, 2.45) is 5.41 Å². The van der Waals surface area contributed by atoms with Gasteiger partial charge in [0.2, 0.25) is 0 Å². The van der Waals surface area contributed by atoms with E-state index in [1.54, 1.807) is 0 Å². The van der Waals surface area contributed by atoms with Crippen LogP contribution in [0.2, 0.25) is 0 Å². The van der Waals surface area contributed by atoms with E-state index in [0.717, 1.165) is 57.9 Å². The van der Waals surface area contributed by atoms with Crippen LogP contribution in [0.4, 0.5) is 0 Å². The molecule has 17 heavy (non-hydrogen) atoms.